The molecule has 0 saturated heterocycles. The molecule has 2 nitrogen and oxygen atoms in total. The maximum atomic E-state index is 10.1. The molecule has 0 bridgehead atoms. The second-order valence-electron chi connectivity index (χ2n) is 1.97. The van der Waals surface area contributed by atoms with Gasteiger partial charge >= 0.3 is 29.6 Å². The Morgan fingerprint density at radius 3 is 2.33 bits per heavy atom. The Morgan fingerprint density at radius 2 is 1.83 bits per heavy atom. The van der Waals surface area contributed by atoms with Crippen LogP contribution in [-0.2, 0) is 11.1 Å². The predicted molar refractivity (Wildman–Crippen MR) is 44.4 cm³/mol. The molecule has 0 heterocycles. The summed E-state index contributed by atoms with van der Waals surface area (Å²) in [6.45, 7) is 0. The Hall–Kier alpha value is 0.0700. The Balaban J connectivity index is 0.00000121. The van der Waals surface area contributed by atoms with Gasteiger partial charge in [-0.15, -0.1) is 0 Å². The first-order valence-corrected chi connectivity index (χ1v) is 4.24. The van der Waals surface area contributed by atoms with Gasteiger partial charge in [-0.3, -0.25) is 4.21 Å². The minimum absolute atomic E-state index is 0. The molecule has 4 heteroatoms. The number of hydrogen-bond donors (Lipinski definition) is 0. The third-order valence-electron chi connectivity index (χ3n) is 1.17. The number of benzene rings is 1. The molecule has 0 aliphatic carbocycles. The third-order valence-corrected chi connectivity index (χ3v) is 1.53. The quantitative estimate of drug-likeness (QED) is 0.422. The van der Waals surface area contributed by atoms with Gasteiger partial charge in [-0.1, -0.05) is 30.3 Å². The molecule has 1 aromatic rings. The minimum Gasteiger partial charge on any atom is -0.769 e. The van der Waals surface area contributed by atoms with Crippen molar-refractivity contribution in [3.8, 4) is 0 Å². The van der Waals surface area contributed by atoms with Crippen LogP contribution in [0.1, 0.15) is 5.56 Å². The van der Waals surface area contributed by atoms with Gasteiger partial charge in [0.2, 0.25) is 0 Å². The molecule has 0 amide bonds. The third kappa shape index (κ3) is 4.85. The molecule has 58 valence electrons. The Bertz CT molecular complexity index is 272. The van der Waals surface area contributed by atoms with E-state index in [9.17, 15) is 8.76 Å². The zero-order valence-corrected chi connectivity index (χ0v) is 9.58. The van der Waals surface area contributed by atoms with E-state index < -0.39 is 11.1 Å². The summed E-state index contributed by atoms with van der Waals surface area (Å²) in [5.41, 5.74) is 0.886. The summed E-state index contributed by atoms with van der Waals surface area (Å²) < 4.78 is 20.2. The van der Waals surface area contributed by atoms with Crippen molar-refractivity contribution in [3.05, 3.63) is 41.3 Å². The summed E-state index contributed by atoms with van der Waals surface area (Å²) in [7, 11) is 0. The van der Waals surface area contributed by atoms with Crippen molar-refractivity contribution in [2.24, 2.45) is 0 Å². The van der Waals surface area contributed by atoms with E-state index in [2.05, 4.69) is 0 Å². The molecule has 12 heavy (non-hydrogen) atoms. The molecule has 0 saturated carbocycles. The van der Waals surface area contributed by atoms with Crippen LogP contribution in [0, 0.1) is 0 Å². The second kappa shape index (κ2) is 6.57. The van der Waals surface area contributed by atoms with Crippen molar-refractivity contribution in [1.82, 2.24) is 0 Å². The summed E-state index contributed by atoms with van der Waals surface area (Å²) in [4.78, 5) is 0. The van der Waals surface area contributed by atoms with Crippen LogP contribution in [-0.4, -0.2) is 8.76 Å². The molecule has 0 aliphatic rings. The summed E-state index contributed by atoms with van der Waals surface area (Å²) in [5, 5.41) is 1.12. The van der Waals surface area contributed by atoms with Crippen molar-refractivity contribution in [2.45, 2.75) is 0 Å². The Kier molecular flexibility index (Phi) is 6.61. The first kappa shape index (κ1) is 12.1. The fraction of sp³-hybridized carbons (Fsp3) is 0. The van der Waals surface area contributed by atoms with Gasteiger partial charge in [-0.05, 0) is 28.1 Å². The maximum Gasteiger partial charge on any atom is 1.00 e. The first-order valence-electron chi connectivity index (χ1n) is 3.10. The zero-order chi connectivity index (χ0) is 8.10. The molecule has 1 rings (SSSR count). The molecule has 1 atom stereocenters. The van der Waals surface area contributed by atoms with E-state index in [1.165, 1.54) is 0 Å². The normalized spacial score (nSPS) is 12.4. The molecule has 1 unspecified atom stereocenters. The van der Waals surface area contributed by atoms with Crippen LogP contribution < -0.4 is 29.6 Å². The van der Waals surface area contributed by atoms with Crippen LogP contribution in [0.4, 0.5) is 0 Å². The van der Waals surface area contributed by atoms with E-state index in [1.807, 2.05) is 30.3 Å². The molecule has 0 radical (unpaired) electrons. The number of hydrogen-bond acceptors (Lipinski definition) is 2. The molecule has 0 N–H and O–H groups in total. The average Bonchev–Trinajstić information content (AvgIpc) is 2.03. The van der Waals surface area contributed by atoms with E-state index >= 15 is 0 Å². The topological polar surface area (TPSA) is 40.1 Å². The van der Waals surface area contributed by atoms with Crippen molar-refractivity contribution in [2.75, 3.05) is 0 Å². The Labute approximate surface area is 96.3 Å². The Morgan fingerprint density at radius 1 is 1.25 bits per heavy atom. The zero-order valence-electron chi connectivity index (χ0n) is 6.77. The van der Waals surface area contributed by atoms with Crippen LogP contribution in [0.3, 0.4) is 0 Å². The standard InChI is InChI=1S/C8H8O2S.Na/c9-11(10)7-6-8-4-2-1-3-5-8;/h1-7H,(H,9,10);/q;+1/p-1/b7-6+;. The van der Waals surface area contributed by atoms with Gasteiger partial charge in [-0.2, -0.15) is 0 Å². The van der Waals surface area contributed by atoms with Crippen molar-refractivity contribution >= 4 is 17.2 Å². The van der Waals surface area contributed by atoms with Crippen molar-refractivity contribution in [1.29, 1.82) is 0 Å². The molecule has 0 aromatic heterocycles. The van der Waals surface area contributed by atoms with Crippen LogP contribution in [0.25, 0.3) is 6.08 Å². The van der Waals surface area contributed by atoms with Crippen LogP contribution in [0.2, 0.25) is 0 Å². The maximum absolute atomic E-state index is 10.1. The van der Waals surface area contributed by atoms with Crippen molar-refractivity contribution < 1.29 is 38.3 Å². The summed E-state index contributed by atoms with van der Waals surface area (Å²) in [6.07, 6.45) is 1.54. The largest absolute Gasteiger partial charge is 1.00 e. The van der Waals surface area contributed by atoms with Gasteiger partial charge in [0.1, 0.15) is 0 Å². The summed E-state index contributed by atoms with van der Waals surface area (Å²) >= 11 is -2.10. The fourth-order valence-electron chi connectivity index (χ4n) is 0.698. The fourth-order valence-corrected chi connectivity index (χ4v) is 0.967. The molecule has 1 aromatic carbocycles. The predicted octanol–water partition coefficient (Wildman–Crippen LogP) is -1.46. The summed E-state index contributed by atoms with van der Waals surface area (Å²) in [5.74, 6) is 0. The van der Waals surface area contributed by atoms with E-state index in [1.54, 1.807) is 6.08 Å². The second-order valence-corrected chi connectivity index (χ2v) is 2.77. The van der Waals surface area contributed by atoms with Crippen LogP contribution in [0.15, 0.2) is 35.7 Å². The monoisotopic (exact) mass is 190 g/mol. The van der Waals surface area contributed by atoms with Gasteiger partial charge in [0.05, 0.1) is 0 Å². The van der Waals surface area contributed by atoms with E-state index in [4.69, 9.17) is 0 Å². The first-order chi connectivity index (χ1) is 5.29. The SMILES string of the molecule is O=S([O-])/C=C/c1ccccc1.[Na+]. The summed E-state index contributed by atoms with van der Waals surface area (Å²) in [6, 6.07) is 9.26. The van der Waals surface area contributed by atoms with Gasteiger partial charge in [0.25, 0.3) is 0 Å². The van der Waals surface area contributed by atoms with Crippen molar-refractivity contribution in [3.63, 3.8) is 0 Å². The van der Waals surface area contributed by atoms with E-state index in [0.717, 1.165) is 11.0 Å². The molecular weight excluding hydrogens is 183 g/mol. The molecule has 0 spiro atoms. The minimum atomic E-state index is -2.10. The molecular formula is C8H7NaO2S. The van der Waals surface area contributed by atoms with Gasteiger partial charge in [-0.25, -0.2) is 0 Å². The van der Waals surface area contributed by atoms with E-state index in [-0.39, 0.29) is 29.6 Å². The van der Waals surface area contributed by atoms with Crippen LogP contribution >= 0.6 is 0 Å². The number of rotatable bonds is 2. The molecule has 0 fully saturated rings. The van der Waals surface area contributed by atoms with Gasteiger partial charge < -0.3 is 4.55 Å². The smallest absolute Gasteiger partial charge is 0.769 e. The van der Waals surface area contributed by atoms with Gasteiger partial charge in [0, 0.05) is 0 Å². The van der Waals surface area contributed by atoms with Crippen LogP contribution in [0.5, 0.6) is 0 Å². The van der Waals surface area contributed by atoms with E-state index in [0.29, 0.717) is 0 Å². The van der Waals surface area contributed by atoms with Gasteiger partial charge in [0.15, 0.2) is 0 Å². The molecule has 0 aliphatic heterocycles. The average molecular weight is 190 g/mol.